The summed E-state index contributed by atoms with van der Waals surface area (Å²) in [6.45, 7) is 12.2. The number of hydrogen-bond donors (Lipinski definition) is 1. The highest BCUT2D eigenvalue weighted by Gasteiger charge is 2.23. The molecule has 6 heteroatoms. The van der Waals surface area contributed by atoms with Gasteiger partial charge in [0.15, 0.2) is 0 Å². The number of rotatable bonds is 5. The van der Waals surface area contributed by atoms with Crippen LogP contribution >= 0.6 is 0 Å². The Morgan fingerprint density at radius 2 is 1.61 bits per heavy atom. The lowest BCUT2D eigenvalue weighted by Crippen LogP contribution is -2.50. The van der Waals surface area contributed by atoms with Gasteiger partial charge in [-0.15, -0.1) is 0 Å². The Hall–Kier alpha value is -0.690. The largest absolute Gasteiger partial charge is 0.381 e. The Balaban J connectivity index is 1.30. The molecule has 0 atom stereocenters. The Kier molecular flexibility index (Phi) is 6.68. The van der Waals surface area contributed by atoms with Crippen LogP contribution in [0.5, 0.6) is 0 Å². The van der Waals surface area contributed by atoms with Gasteiger partial charge in [-0.05, 0) is 18.8 Å². The van der Waals surface area contributed by atoms with Crippen LogP contribution in [0, 0.1) is 5.92 Å². The fourth-order valence-electron chi connectivity index (χ4n) is 3.82. The summed E-state index contributed by atoms with van der Waals surface area (Å²) in [5, 5.41) is 3.30. The summed E-state index contributed by atoms with van der Waals surface area (Å²) in [6, 6.07) is 0. The van der Waals surface area contributed by atoms with E-state index in [4.69, 9.17) is 4.74 Å². The molecule has 0 spiro atoms. The maximum Gasteiger partial charge on any atom is 0.223 e. The minimum atomic E-state index is 0.330. The zero-order chi connectivity index (χ0) is 15.9. The normalized spacial score (nSPS) is 25.7. The van der Waals surface area contributed by atoms with Crippen LogP contribution in [0.2, 0.25) is 0 Å². The first-order valence-corrected chi connectivity index (χ1v) is 9.32. The molecule has 132 valence electrons. The number of nitrogens with one attached hydrogen (secondary N) is 1. The molecule has 3 rings (SSSR count). The summed E-state index contributed by atoms with van der Waals surface area (Å²) in [7, 11) is 0. The van der Waals surface area contributed by atoms with Crippen molar-refractivity contribution in [2.45, 2.75) is 19.3 Å². The van der Waals surface area contributed by atoms with Gasteiger partial charge in [-0.1, -0.05) is 0 Å². The first kappa shape index (κ1) is 17.1. The van der Waals surface area contributed by atoms with E-state index in [2.05, 4.69) is 15.1 Å². The van der Waals surface area contributed by atoms with Crippen molar-refractivity contribution < 1.29 is 9.53 Å². The van der Waals surface area contributed by atoms with E-state index in [0.29, 0.717) is 12.3 Å². The van der Waals surface area contributed by atoms with E-state index in [-0.39, 0.29) is 0 Å². The number of piperazine rings is 2. The minimum Gasteiger partial charge on any atom is -0.381 e. The van der Waals surface area contributed by atoms with E-state index in [9.17, 15) is 4.79 Å². The molecule has 0 bridgehead atoms. The van der Waals surface area contributed by atoms with Gasteiger partial charge in [0.05, 0.1) is 0 Å². The Bertz CT molecular complexity index is 360. The van der Waals surface area contributed by atoms with E-state index in [1.54, 1.807) is 0 Å². The first-order valence-electron chi connectivity index (χ1n) is 9.32. The fourth-order valence-corrected chi connectivity index (χ4v) is 3.82. The highest BCUT2D eigenvalue weighted by molar-refractivity contribution is 5.76. The number of nitrogens with zero attached hydrogens (tertiary/aromatic N) is 3. The second-order valence-electron chi connectivity index (χ2n) is 7.08. The lowest BCUT2D eigenvalue weighted by atomic mass is 9.99. The molecular weight excluding hydrogens is 292 g/mol. The smallest absolute Gasteiger partial charge is 0.223 e. The van der Waals surface area contributed by atoms with Gasteiger partial charge in [0.1, 0.15) is 0 Å². The summed E-state index contributed by atoms with van der Waals surface area (Å²) in [5.41, 5.74) is 0. The number of carbonyl (C=O) groups excluding carboxylic acids is 1. The summed E-state index contributed by atoms with van der Waals surface area (Å²) < 4.78 is 5.44. The molecule has 1 N–H and O–H groups in total. The van der Waals surface area contributed by atoms with Crippen LogP contribution in [0.15, 0.2) is 0 Å². The van der Waals surface area contributed by atoms with E-state index < -0.39 is 0 Å². The molecule has 23 heavy (non-hydrogen) atoms. The van der Waals surface area contributed by atoms with Crippen LogP contribution < -0.4 is 5.32 Å². The highest BCUT2D eigenvalue weighted by Crippen LogP contribution is 2.17. The first-order chi connectivity index (χ1) is 11.3. The molecule has 0 radical (unpaired) electrons. The molecule has 1 amide bonds. The number of hydrogen-bond acceptors (Lipinski definition) is 5. The van der Waals surface area contributed by atoms with E-state index in [1.807, 2.05) is 4.90 Å². The maximum absolute atomic E-state index is 12.2. The summed E-state index contributed by atoms with van der Waals surface area (Å²) >= 11 is 0. The van der Waals surface area contributed by atoms with Gasteiger partial charge in [-0.25, -0.2) is 0 Å². The monoisotopic (exact) mass is 324 g/mol. The van der Waals surface area contributed by atoms with Crippen LogP contribution in [-0.2, 0) is 9.53 Å². The molecule has 0 aromatic rings. The van der Waals surface area contributed by atoms with Crippen molar-refractivity contribution in [1.82, 2.24) is 20.0 Å². The summed E-state index contributed by atoms with van der Waals surface area (Å²) in [6.07, 6.45) is 3.12. The van der Waals surface area contributed by atoms with Gasteiger partial charge >= 0.3 is 0 Å². The molecule has 3 aliphatic rings. The fraction of sp³-hybridized carbons (Fsp3) is 0.941. The van der Waals surface area contributed by atoms with Gasteiger partial charge in [0, 0.05) is 85.1 Å². The molecule has 0 aromatic carbocycles. The average Bonchev–Trinajstić information content (AvgIpc) is 2.62. The molecule has 0 saturated carbocycles. The second kappa shape index (κ2) is 8.97. The highest BCUT2D eigenvalue weighted by atomic mass is 16.5. The topological polar surface area (TPSA) is 48.1 Å². The minimum absolute atomic E-state index is 0.330. The predicted octanol–water partition coefficient (Wildman–Crippen LogP) is -0.147. The third-order valence-corrected chi connectivity index (χ3v) is 5.43. The van der Waals surface area contributed by atoms with Crippen LogP contribution in [0.3, 0.4) is 0 Å². The third kappa shape index (κ3) is 5.41. The third-order valence-electron chi connectivity index (χ3n) is 5.43. The van der Waals surface area contributed by atoms with Crippen LogP contribution in [-0.4, -0.2) is 99.3 Å². The molecule has 3 fully saturated rings. The quantitative estimate of drug-likeness (QED) is 0.762. The van der Waals surface area contributed by atoms with Gasteiger partial charge in [0.2, 0.25) is 5.91 Å². The molecule has 3 heterocycles. The Labute approximate surface area is 140 Å². The van der Waals surface area contributed by atoms with Crippen molar-refractivity contribution in [3.8, 4) is 0 Å². The van der Waals surface area contributed by atoms with Gasteiger partial charge < -0.3 is 24.8 Å². The van der Waals surface area contributed by atoms with Crippen LogP contribution in [0.25, 0.3) is 0 Å². The molecule has 0 aromatic heterocycles. The standard InChI is InChI=1S/C17H32N4O2/c22-17(21-7-4-18-5-8-21)1-6-19-9-11-20(12-10-19)15-16-2-13-23-14-3-16/h16,18H,1-15H2. The lowest BCUT2D eigenvalue weighted by Gasteiger charge is -2.37. The van der Waals surface area contributed by atoms with Crippen molar-refractivity contribution in [1.29, 1.82) is 0 Å². The number of amides is 1. The molecule has 0 aliphatic carbocycles. The SMILES string of the molecule is O=C(CCN1CCN(CC2CCOCC2)CC1)N1CCNCC1. The molecular formula is C17H32N4O2. The van der Waals surface area contributed by atoms with Crippen molar-refractivity contribution in [2.24, 2.45) is 5.92 Å². The molecule has 3 saturated heterocycles. The van der Waals surface area contributed by atoms with E-state index in [0.717, 1.165) is 78.0 Å². The second-order valence-corrected chi connectivity index (χ2v) is 7.08. The van der Waals surface area contributed by atoms with E-state index >= 15 is 0 Å². The number of carbonyl (C=O) groups is 1. The van der Waals surface area contributed by atoms with Gasteiger partial charge in [-0.3, -0.25) is 4.79 Å². The molecule has 0 unspecified atom stereocenters. The Morgan fingerprint density at radius 3 is 2.30 bits per heavy atom. The van der Waals surface area contributed by atoms with Crippen molar-refractivity contribution in [2.75, 3.05) is 78.7 Å². The Morgan fingerprint density at radius 1 is 0.957 bits per heavy atom. The molecule has 3 aliphatic heterocycles. The lowest BCUT2D eigenvalue weighted by molar-refractivity contribution is -0.132. The van der Waals surface area contributed by atoms with Crippen molar-refractivity contribution >= 4 is 5.91 Å². The predicted molar refractivity (Wildman–Crippen MR) is 90.5 cm³/mol. The maximum atomic E-state index is 12.2. The summed E-state index contributed by atoms with van der Waals surface area (Å²) in [4.78, 5) is 19.3. The van der Waals surface area contributed by atoms with E-state index in [1.165, 1.54) is 19.4 Å². The summed E-state index contributed by atoms with van der Waals surface area (Å²) in [5.74, 6) is 1.15. The zero-order valence-corrected chi connectivity index (χ0v) is 14.3. The van der Waals surface area contributed by atoms with Crippen molar-refractivity contribution in [3.05, 3.63) is 0 Å². The molecule has 6 nitrogen and oxygen atoms in total. The average molecular weight is 324 g/mol. The van der Waals surface area contributed by atoms with Gasteiger partial charge in [0.25, 0.3) is 0 Å². The zero-order valence-electron chi connectivity index (χ0n) is 14.3. The number of ether oxygens (including phenoxy) is 1. The van der Waals surface area contributed by atoms with Crippen LogP contribution in [0.4, 0.5) is 0 Å². The van der Waals surface area contributed by atoms with Crippen LogP contribution in [0.1, 0.15) is 19.3 Å². The van der Waals surface area contributed by atoms with Crippen molar-refractivity contribution in [3.63, 3.8) is 0 Å². The van der Waals surface area contributed by atoms with Gasteiger partial charge in [-0.2, -0.15) is 0 Å².